The molecule has 0 spiro atoms. The molecule has 0 unspecified atom stereocenters. The van der Waals surface area contributed by atoms with Crippen LogP contribution in [0.15, 0.2) is 0 Å². The van der Waals surface area contributed by atoms with Crippen LogP contribution in [0.1, 0.15) is 0 Å². The summed E-state index contributed by atoms with van der Waals surface area (Å²) in [5, 5.41) is 0. The Labute approximate surface area is 54.5 Å². The molecule has 0 aliphatic heterocycles. The molecule has 0 atom stereocenters. The molecule has 0 amide bonds. The first kappa shape index (κ1) is 163. The summed E-state index contributed by atoms with van der Waals surface area (Å²) in [6.45, 7) is 0. The molecule has 0 radical (unpaired) electrons. The van der Waals surface area contributed by atoms with E-state index in [2.05, 4.69) is 0 Å². The number of rotatable bonds is 0. The van der Waals surface area contributed by atoms with Crippen LogP contribution in [0.3, 0.4) is 0 Å². The third kappa shape index (κ3) is 48.0. The summed E-state index contributed by atoms with van der Waals surface area (Å²) in [4.78, 5) is 0. The Morgan fingerprint density at radius 2 is 0.600 bits per heavy atom. The minimum absolute atomic E-state index is 0. The van der Waals surface area contributed by atoms with Crippen molar-refractivity contribution in [3.05, 3.63) is 0 Å². The third-order valence-corrected chi connectivity index (χ3v) is 0. The van der Waals surface area contributed by atoms with Gasteiger partial charge in [0, 0.05) is 0 Å². The summed E-state index contributed by atoms with van der Waals surface area (Å²) in [6, 6.07) is 0. The van der Waals surface area contributed by atoms with E-state index in [1.807, 2.05) is 0 Å². The molecule has 0 saturated carbocycles. The molecule has 0 aromatic carbocycles. The van der Waals surface area contributed by atoms with E-state index in [-0.39, 0.29) is 54.4 Å². The summed E-state index contributed by atoms with van der Waals surface area (Å²) >= 11 is 0. The molecule has 3 nitrogen and oxygen atoms in total. The van der Waals surface area contributed by atoms with E-state index >= 15 is 0 Å². The summed E-state index contributed by atoms with van der Waals surface area (Å²) < 4.78 is 0. The maximum absolute atomic E-state index is 0. The van der Waals surface area contributed by atoms with Crippen molar-refractivity contribution in [1.82, 2.24) is 0 Å². The van der Waals surface area contributed by atoms with Gasteiger partial charge in [0.2, 0.25) is 0 Å². The monoisotopic (exact) mass is 92.1 g/mol. The Kier molecular flexibility index (Phi) is 2810. The Hall–Kier alpha value is 0.945. The maximum atomic E-state index is 0. The second-order valence-electron chi connectivity index (χ2n) is 0. The Balaban J connectivity index is 0. The fourth-order valence-electron chi connectivity index (χ4n) is 0. The molecular formula is H10BNaO3. The minimum atomic E-state index is 0. The summed E-state index contributed by atoms with van der Waals surface area (Å²) in [5.41, 5.74) is 0. The van der Waals surface area contributed by atoms with E-state index in [9.17, 15) is 0 Å². The molecule has 32 valence electrons. The van der Waals surface area contributed by atoms with Crippen molar-refractivity contribution in [2.45, 2.75) is 0 Å². The molecule has 0 saturated heterocycles. The van der Waals surface area contributed by atoms with Gasteiger partial charge in [-0.25, -0.2) is 0 Å². The van der Waals surface area contributed by atoms with Gasteiger partial charge < -0.3 is 16.4 Å². The Morgan fingerprint density at radius 1 is 0.600 bits per heavy atom. The van der Waals surface area contributed by atoms with Gasteiger partial charge >= 0.3 is 29.6 Å². The van der Waals surface area contributed by atoms with Crippen LogP contribution in [0, 0.1) is 0 Å². The predicted octanol–water partition coefficient (Wildman–Crippen LogP) is -4.31. The fourth-order valence-corrected chi connectivity index (χ4v) is 0. The first-order valence-corrected chi connectivity index (χ1v) is 0. The van der Waals surface area contributed by atoms with Crippen LogP contribution < -0.4 is 0 Å². The van der Waals surface area contributed by atoms with Gasteiger partial charge in [-0.2, -0.15) is 0 Å². The van der Waals surface area contributed by atoms with Gasteiger partial charge in [0.25, 0.3) is 0 Å². The molecule has 0 heterocycles. The van der Waals surface area contributed by atoms with Crippen LogP contribution in [0.25, 0.3) is 0 Å². The average molecular weight is 91.9 g/mol. The molecule has 0 rings (SSSR count). The van der Waals surface area contributed by atoms with E-state index < -0.39 is 0 Å². The third-order valence-electron chi connectivity index (χ3n) is 0. The summed E-state index contributed by atoms with van der Waals surface area (Å²) in [7, 11) is 0. The Bertz CT molecular complexity index is 6.85. The van der Waals surface area contributed by atoms with Gasteiger partial charge in [0.1, 0.15) is 0 Å². The average Bonchev–Trinajstić information content (AvgIpc) is 0. The van der Waals surface area contributed by atoms with Crippen LogP contribution in [0.4, 0.5) is 0 Å². The van der Waals surface area contributed by atoms with Crippen molar-refractivity contribution in [3.8, 4) is 0 Å². The van der Waals surface area contributed by atoms with Gasteiger partial charge in [-0.1, -0.05) is 0 Å². The SMILES string of the molecule is B.O.O.O.[NaH]. The normalized spacial score (nSPS) is 0. The summed E-state index contributed by atoms with van der Waals surface area (Å²) in [5.74, 6) is 0. The van der Waals surface area contributed by atoms with Gasteiger partial charge in [0.15, 0.2) is 0 Å². The van der Waals surface area contributed by atoms with E-state index in [4.69, 9.17) is 0 Å². The summed E-state index contributed by atoms with van der Waals surface area (Å²) in [6.07, 6.45) is 0. The van der Waals surface area contributed by atoms with E-state index in [0.29, 0.717) is 0 Å². The molecule has 0 aromatic heterocycles. The second-order valence-corrected chi connectivity index (χ2v) is 0. The van der Waals surface area contributed by atoms with E-state index in [1.165, 1.54) is 0 Å². The van der Waals surface area contributed by atoms with Crippen molar-refractivity contribution in [2.24, 2.45) is 0 Å². The van der Waals surface area contributed by atoms with Crippen LogP contribution >= 0.6 is 0 Å². The molecule has 0 aliphatic carbocycles. The molecule has 6 N–H and O–H groups in total. The van der Waals surface area contributed by atoms with Crippen LogP contribution in [0.2, 0.25) is 0 Å². The van der Waals surface area contributed by atoms with Crippen molar-refractivity contribution < 1.29 is 16.4 Å². The van der Waals surface area contributed by atoms with Gasteiger partial charge in [-0.3, -0.25) is 0 Å². The fraction of sp³-hybridized carbons (Fsp3) is 0. The number of hydrogen-bond donors (Lipinski definition) is 0. The van der Waals surface area contributed by atoms with Crippen molar-refractivity contribution >= 4 is 38.0 Å². The van der Waals surface area contributed by atoms with Crippen LogP contribution in [-0.2, 0) is 0 Å². The molecule has 0 fully saturated rings. The zero-order valence-electron chi connectivity index (χ0n) is 1.50. The van der Waals surface area contributed by atoms with Crippen molar-refractivity contribution in [2.75, 3.05) is 0 Å². The zero-order chi connectivity index (χ0) is 0. The van der Waals surface area contributed by atoms with Gasteiger partial charge in [-0.05, 0) is 0 Å². The number of hydrogen-bond acceptors (Lipinski definition) is 0. The molecule has 0 aliphatic rings. The predicted molar refractivity (Wildman–Crippen MR) is 27.9 cm³/mol. The Morgan fingerprint density at radius 3 is 0.600 bits per heavy atom. The van der Waals surface area contributed by atoms with E-state index in [1.54, 1.807) is 0 Å². The van der Waals surface area contributed by atoms with E-state index in [0.717, 1.165) is 0 Å². The van der Waals surface area contributed by atoms with Gasteiger partial charge in [0.05, 0.1) is 8.41 Å². The van der Waals surface area contributed by atoms with Crippen molar-refractivity contribution in [3.63, 3.8) is 0 Å². The van der Waals surface area contributed by atoms with Gasteiger partial charge in [-0.15, -0.1) is 0 Å². The first-order valence-electron chi connectivity index (χ1n) is 0. The second kappa shape index (κ2) is 86.2. The van der Waals surface area contributed by atoms with Crippen LogP contribution in [0.5, 0.6) is 0 Å². The quantitative estimate of drug-likeness (QED) is 0.270. The molecule has 5 heteroatoms. The van der Waals surface area contributed by atoms with Crippen LogP contribution in [-0.4, -0.2) is 54.4 Å². The first-order chi connectivity index (χ1) is 0. The molecule has 0 bridgehead atoms. The molecular weight excluding hydrogens is 81.8 g/mol. The topological polar surface area (TPSA) is 94.5 Å². The van der Waals surface area contributed by atoms with Crippen molar-refractivity contribution in [1.29, 1.82) is 0 Å². The molecule has 5 heavy (non-hydrogen) atoms. The molecule has 0 aromatic rings. The standard InChI is InChI=1S/BH3.Na.3H2O.H/h1H3;;3*1H2;. The zero-order valence-corrected chi connectivity index (χ0v) is 1.50.